The predicted molar refractivity (Wildman–Crippen MR) is 93.8 cm³/mol. The summed E-state index contributed by atoms with van der Waals surface area (Å²) in [6, 6.07) is 0. The summed E-state index contributed by atoms with van der Waals surface area (Å²) in [6.45, 7) is 0.297. The molecule has 0 aliphatic heterocycles. The minimum absolute atomic E-state index is 0.283. The Morgan fingerprint density at radius 2 is 1.12 bits per heavy atom. The van der Waals surface area contributed by atoms with Crippen molar-refractivity contribution in [1.82, 2.24) is 0 Å². The van der Waals surface area contributed by atoms with Crippen molar-refractivity contribution in [1.29, 1.82) is 0 Å². The second-order valence-corrected chi connectivity index (χ2v) is 6.67. The van der Waals surface area contributed by atoms with Crippen LogP contribution in [0.15, 0.2) is 0 Å². The van der Waals surface area contributed by atoms with Crippen molar-refractivity contribution in [3.8, 4) is 0 Å². The molecule has 0 aromatic rings. The predicted octanol–water partition coefficient (Wildman–Crippen LogP) is 2.15. The maximum atomic E-state index is 10.8. The summed E-state index contributed by atoms with van der Waals surface area (Å²) in [5.74, 6) is -1.38. The van der Waals surface area contributed by atoms with Crippen molar-refractivity contribution in [2.24, 2.45) is 0 Å². The maximum absolute atomic E-state index is 10.8. The van der Waals surface area contributed by atoms with Gasteiger partial charge in [0.2, 0.25) is 0 Å². The topological polar surface area (TPSA) is 127 Å². The van der Waals surface area contributed by atoms with Crippen LogP contribution in [0.1, 0.15) is 83.5 Å². The number of carbonyl (C=O) groups is 1. The molecule has 7 heteroatoms. The highest BCUT2D eigenvalue weighted by molar-refractivity contribution is 5.74. The van der Waals surface area contributed by atoms with Crippen LogP contribution < -0.4 is 0 Å². The molecule has 3 unspecified atom stereocenters. The first-order valence-electron chi connectivity index (χ1n) is 9.55. The van der Waals surface area contributed by atoms with Crippen LogP contribution in [0.4, 0.5) is 0 Å². The van der Waals surface area contributed by atoms with Gasteiger partial charge in [-0.3, -0.25) is 4.89 Å². The highest BCUT2D eigenvalue weighted by Gasteiger charge is 2.31. The number of unbranched alkanes of at least 4 members (excludes halogenated alkanes) is 11. The normalized spacial score (nSPS) is 14.9. The Labute approximate surface area is 150 Å². The molecular weight excluding hydrogens is 328 g/mol. The van der Waals surface area contributed by atoms with Gasteiger partial charge in [-0.25, -0.2) is 4.79 Å². The van der Waals surface area contributed by atoms with Gasteiger partial charge in [0.05, 0.1) is 6.10 Å². The molecule has 0 bridgehead atoms. The summed E-state index contributed by atoms with van der Waals surface area (Å²) in [6.07, 6.45) is 8.71. The first kappa shape index (κ1) is 24.3. The van der Waals surface area contributed by atoms with Crippen molar-refractivity contribution in [3.63, 3.8) is 0 Å². The van der Waals surface area contributed by atoms with E-state index in [1.54, 1.807) is 0 Å². The fraction of sp³-hybridized carbons (Fsp3) is 0.944. The molecule has 5 N–H and O–H groups in total. The molecule has 25 heavy (non-hydrogen) atoms. The van der Waals surface area contributed by atoms with Crippen LogP contribution >= 0.6 is 0 Å². The van der Waals surface area contributed by atoms with Gasteiger partial charge in [-0.05, 0) is 12.8 Å². The monoisotopic (exact) mass is 364 g/mol. The van der Waals surface area contributed by atoms with E-state index in [1.807, 2.05) is 0 Å². The van der Waals surface area contributed by atoms with Gasteiger partial charge in [0.25, 0.3) is 0 Å². The quantitative estimate of drug-likeness (QED) is 0.152. The minimum atomic E-state index is -1.94. The van der Waals surface area contributed by atoms with Gasteiger partial charge in [-0.1, -0.05) is 70.6 Å². The molecule has 0 fully saturated rings. The number of aliphatic hydroxyl groups excluding tert-OH is 4. The van der Waals surface area contributed by atoms with E-state index in [2.05, 4.69) is 4.89 Å². The third kappa shape index (κ3) is 13.2. The summed E-state index contributed by atoms with van der Waals surface area (Å²) >= 11 is 0. The zero-order valence-electron chi connectivity index (χ0n) is 15.2. The van der Waals surface area contributed by atoms with E-state index in [0.29, 0.717) is 13.0 Å². The van der Waals surface area contributed by atoms with Gasteiger partial charge in [0.15, 0.2) is 6.10 Å². The molecule has 0 aromatic heterocycles. The summed E-state index contributed by atoms with van der Waals surface area (Å²) < 4.78 is 0. The zero-order valence-corrected chi connectivity index (χ0v) is 15.2. The Balaban J connectivity index is 3.41. The van der Waals surface area contributed by atoms with E-state index in [4.69, 9.17) is 10.4 Å². The number of hydrogen-bond acceptors (Lipinski definition) is 7. The molecule has 0 radical (unpaired) electrons. The van der Waals surface area contributed by atoms with Crippen LogP contribution in [-0.2, 0) is 9.68 Å². The lowest BCUT2D eigenvalue weighted by atomic mass is 10.0. The van der Waals surface area contributed by atoms with Gasteiger partial charge >= 0.3 is 5.97 Å². The van der Waals surface area contributed by atoms with Crippen molar-refractivity contribution < 1.29 is 35.4 Å². The fourth-order valence-corrected chi connectivity index (χ4v) is 2.81. The highest BCUT2D eigenvalue weighted by Crippen LogP contribution is 2.14. The van der Waals surface area contributed by atoms with Gasteiger partial charge in [-0.15, -0.1) is 0 Å². The zero-order chi connectivity index (χ0) is 18.9. The fourth-order valence-electron chi connectivity index (χ4n) is 2.81. The Bertz CT molecular complexity index is 312. The van der Waals surface area contributed by atoms with Crippen LogP contribution in [0.3, 0.4) is 0 Å². The minimum Gasteiger partial charge on any atom is -0.396 e. The molecule has 0 amide bonds. The maximum Gasteiger partial charge on any atom is 0.373 e. The molecular formula is C18H36O7. The molecule has 0 rings (SSSR count). The van der Waals surface area contributed by atoms with Gasteiger partial charge in [-0.2, -0.15) is 5.26 Å². The van der Waals surface area contributed by atoms with Crippen LogP contribution in [0.25, 0.3) is 0 Å². The van der Waals surface area contributed by atoms with Crippen LogP contribution in [0.2, 0.25) is 0 Å². The van der Waals surface area contributed by atoms with Gasteiger partial charge in [0.1, 0.15) is 6.10 Å². The van der Waals surface area contributed by atoms with E-state index in [-0.39, 0.29) is 6.42 Å². The number of hydrogen-bond donors (Lipinski definition) is 5. The number of rotatable bonds is 17. The second-order valence-electron chi connectivity index (χ2n) is 6.67. The summed E-state index contributed by atoms with van der Waals surface area (Å²) in [5, 5.41) is 45.4. The molecule has 150 valence electrons. The van der Waals surface area contributed by atoms with Crippen molar-refractivity contribution in [2.45, 2.75) is 102 Å². The average Bonchev–Trinajstić information content (AvgIpc) is 2.63. The average molecular weight is 364 g/mol. The molecule has 0 aliphatic rings. The third-order valence-electron chi connectivity index (χ3n) is 4.46. The molecule has 0 saturated carbocycles. The number of aliphatic hydroxyl groups is 4. The van der Waals surface area contributed by atoms with Gasteiger partial charge < -0.3 is 20.4 Å². The van der Waals surface area contributed by atoms with Crippen LogP contribution in [0, 0.1) is 0 Å². The van der Waals surface area contributed by atoms with Crippen molar-refractivity contribution in [3.05, 3.63) is 0 Å². The van der Waals surface area contributed by atoms with Crippen LogP contribution in [0.5, 0.6) is 0 Å². The molecule has 0 spiro atoms. The van der Waals surface area contributed by atoms with Crippen molar-refractivity contribution in [2.75, 3.05) is 6.61 Å². The Hall–Kier alpha value is -0.730. The first-order chi connectivity index (χ1) is 12.0. The molecule has 0 aliphatic carbocycles. The van der Waals surface area contributed by atoms with E-state index < -0.39 is 24.3 Å². The molecule has 0 saturated heterocycles. The molecule has 0 aromatic carbocycles. The van der Waals surface area contributed by atoms with Crippen LogP contribution in [-0.4, -0.2) is 56.6 Å². The molecule has 0 heterocycles. The first-order valence-corrected chi connectivity index (χ1v) is 9.55. The van der Waals surface area contributed by atoms with E-state index >= 15 is 0 Å². The van der Waals surface area contributed by atoms with E-state index in [1.165, 1.54) is 38.5 Å². The van der Waals surface area contributed by atoms with Crippen molar-refractivity contribution >= 4 is 5.97 Å². The molecule has 3 atom stereocenters. The Kier molecular flexibility index (Phi) is 16.2. The second kappa shape index (κ2) is 16.7. The molecule has 7 nitrogen and oxygen atoms in total. The lowest BCUT2D eigenvalue weighted by Crippen LogP contribution is -2.42. The number of carbonyl (C=O) groups excluding carboxylic acids is 1. The van der Waals surface area contributed by atoms with Gasteiger partial charge in [0, 0.05) is 6.61 Å². The van der Waals surface area contributed by atoms with E-state index in [9.17, 15) is 20.1 Å². The van der Waals surface area contributed by atoms with E-state index in [0.717, 1.165) is 32.1 Å². The smallest absolute Gasteiger partial charge is 0.373 e. The Morgan fingerprint density at radius 3 is 1.52 bits per heavy atom. The largest absolute Gasteiger partial charge is 0.396 e. The summed E-state index contributed by atoms with van der Waals surface area (Å²) in [4.78, 5) is 14.2. The lowest BCUT2D eigenvalue weighted by molar-refractivity contribution is -0.248. The highest BCUT2D eigenvalue weighted by atomic mass is 17.1. The summed E-state index contributed by atoms with van der Waals surface area (Å²) in [5.41, 5.74) is 0. The SMILES string of the molecule is O=C(OO)C(O)C(O)C(O)CCCCCCCCCCCCCCO. The Morgan fingerprint density at radius 1 is 0.720 bits per heavy atom. The lowest BCUT2D eigenvalue weighted by Gasteiger charge is -2.20. The standard InChI is InChI=1S/C18H36O7/c19-14-12-10-8-6-4-2-1-3-5-7-9-11-13-15(20)16(21)17(22)18(23)25-24/h15-17,19-22,24H,1-14H2. The third-order valence-corrected chi connectivity index (χ3v) is 4.46. The summed E-state index contributed by atoms with van der Waals surface area (Å²) in [7, 11) is 0.